The summed E-state index contributed by atoms with van der Waals surface area (Å²) in [5, 5.41) is 23.1. The number of pyridine rings is 1. The zero-order valence-electron chi connectivity index (χ0n) is 12.4. The summed E-state index contributed by atoms with van der Waals surface area (Å²) in [6, 6.07) is 9.75. The number of aromatic nitrogens is 1. The summed E-state index contributed by atoms with van der Waals surface area (Å²) in [7, 11) is 0. The van der Waals surface area contributed by atoms with Crippen LogP contribution in [-0.4, -0.2) is 10.5 Å². The zero-order chi connectivity index (χ0) is 15.9. The fourth-order valence-electron chi connectivity index (χ4n) is 2.93. The van der Waals surface area contributed by atoms with Crippen molar-refractivity contribution in [3.8, 4) is 5.75 Å². The summed E-state index contributed by atoms with van der Waals surface area (Å²) in [5.41, 5.74) is 0.807. The minimum Gasteiger partial charge on any atom is -0.618 e. The van der Waals surface area contributed by atoms with Gasteiger partial charge in [-0.05, 0) is 26.0 Å². The van der Waals surface area contributed by atoms with Crippen molar-refractivity contribution < 1.29 is 14.4 Å². The third kappa shape index (κ3) is 2.47. The molecule has 1 aliphatic rings. The molecule has 1 aromatic carbocycles. The predicted octanol–water partition coefficient (Wildman–Crippen LogP) is 2.92. The van der Waals surface area contributed by atoms with Crippen LogP contribution in [0.25, 0.3) is 0 Å². The molecule has 0 radical (unpaired) electrons. The highest BCUT2D eigenvalue weighted by Gasteiger charge is 2.38. The highest BCUT2D eigenvalue weighted by molar-refractivity contribution is 5.49. The molecule has 0 bridgehead atoms. The summed E-state index contributed by atoms with van der Waals surface area (Å²) < 4.78 is 6.73. The lowest BCUT2D eigenvalue weighted by Gasteiger charge is -2.36. The van der Waals surface area contributed by atoms with Crippen LogP contribution in [0.5, 0.6) is 5.75 Å². The van der Waals surface area contributed by atoms with Gasteiger partial charge in [0.05, 0.1) is 10.8 Å². The molecule has 114 valence electrons. The van der Waals surface area contributed by atoms with Crippen LogP contribution < -0.4 is 9.47 Å². The first-order valence-electron chi connectivity index (χ1n) is 7.03. The summed E-state index contributed by atoms with van der Waals surface area (Å²) in [6.45, 7) is 3.89. The van der Waals surface area contributed by atoms with E-state index in [1.807, 2.05) is 13.8 Å². The maximum Gasteiger partial charge on any atom is 0.269 e. The summed E-state index contributed by atoms with van der Waals surface area (Å²) in [5.74, 6) is 0.355. The van der Waals surface area contributed by atoms with Gasteiger partial charge in [0.2, 0.25) is 5.69 Å². The van der Waals surface area contributed by atoms with Gasteiger partial charge in [-0.3, -0.25) is 10.1 Å². The predicted molar refractivity (Wildman–Crippen MR) is 79.7 cm³/mol. The molecule has 6 nitrogen and oxygen atoms in total. The first-order valence-corrected chi connectivity index (χ1v) is 7.03. The number of fused-ring (bicyclic) bond motifs is 1. The van der Waals surface area contributed by atoms with Gasteiger partial charge in [0.25, 0.3) is 5.69 Å². The fourth-order valence-corrected chi connectivity index (χ4v) is 2.93. The van der Waals surface area contributed by atoms with Crippen molar-refractivity contribution >= 4 is 5.69 Å². The number of hydrogen-bond donors (Lipinski definition) is 0. The summed E-state index contributed by atoms with van der Waals surface area (Å²) >= 11 is 0. The summed E-state index contributed by atoms with van der Waals surface area (Å²) in [4.78, 5) is 10.6. The average Bonchev–Trinajstić information content (AvgIpc) is 2.45. The van der Waals surface area contributed by atoms with E-state index in [1.165, 1.54) is 18.3 Å². The molecule has 22 heavy (non-hydrogen) atoms. The second kappa shape index (κ2) is 4.98. The van der Waals surface area contributed by atoms with Crippen LogP contribution in [0.15, 0.2) is 42.6 Å². The van der Waals surface area contributed by atoms with Gasteiger partial charge in [-0.1, -0.05) is 0 Å². The first kappa shape index (κ1) is 14.3. The van der Waals surface area contributed by atoms with Gasteiger partial charge in [-0.2, -0.15) is 4.73 Å². The van der Waals surface area contributed by atoms with Gasteiger partial charge in [-0.25, -0.2) is 0 Å². The Morgan fingerprint density at radius 3 is 2.77 bits per heavy atom. The second-order valence-corrected chi connectivity index (χ2v) is 6.05. The van der Waals surface area contributed by atoms with Crippen molar-refractivity contribution in [1.29, 1.82) is 0 Å². The van der Waals surface area contributed by atoms with Crippen LogP contribution in [-0.2, 0) is 0 Å². The molecule has 0 aliphatic carbocycles. The van der Waals surface area contributed by atoms with Crippen LogP contribution in [0.3, 0.4) is 0 Å². The largest absolute Gasteiger partial charge is 0.618 e. The Balaban J connectivity index is 2.17. The molecule has 0 amide bonds. The number of benzene rings is 1. The molecule has 6 heteroatoms. The molecule has 3 rings (SSSR count). The van der Waals surface area contributed by atoms with E-state index >= 15 is 0 Å². The van der Waals surface area contributed by atoms with E-state index in [0.717, 1.165) is 4.73 Å². The van der Waals surface area contributed by atoms with Crippen LogP contribution in [0.4, 0.5) is 5.69 Å². The molecular formula is C16H16N2O4. The van der Waals surface area contributed by atoms with Crippen LogP contribution >= 0.6 is 0 Å². The molecular weight excluding hydrogens is 284 g/mol. The lowest BCUT2D eigenvalue weighted by molar-refractivity contribution is -0.615. The number of rotatable bonds is 2. The average molecular weight is 300 g/mol. The third-order valence-electron chi connectivity index (χ3n) is 3.87. The van der Waals surface area contributed by atoms with Crippen molar-refractivity contribution in [1.82, 2.24) is 0 Å². The monoisotopic (exact) mass is 300 g/mol. The van der Waals surface area contributed by atoms with Crippen LogP contribution in [0, 0.1) is 15.3 Å². The topological polar surface area (TPSA) is 79.3 Å². The smallest absolute Gasteiger partial charge is 0.269 e. The first-order chi connectivity index (χ1) is 10.4. The summed E-state index contributed by atoms with van der Waals surface area (Å²) in [6.07, 6.45) is 2.02. The number of nitrogens with zero attached hydrogens (tertiary/aromatic N) is 2. The van der Waals surface area contributed by atoms with E-state index in [4.69, 9.17) is 4.74 Å². The molecule has 0 saturated heterocycles. The Morgan fingerprint density at radius 2 is 2.09 bits per heavy atom. The number of nitro groups is 1. The van der Waals surface area contributed by atoms with Gasteiger partial charge < -0.3 is 9.94 Å². The minimum absolute atomic E-state index is 0.000404. The number of non-ortho nitro benzene ring substituents is 1. The van der Waals surface area contributed by atoms with E-state index in [9.17, 15) is 15.3 Å². The molecule has 0 fully saturated rings. The lowest BCUT2D eigenvalue weighted by atomic mass is 9.82. The Labute approximate surface area is 127 Å². The van der Waals surface area contributed by atoms with Gasteiger partial charge in [-0.15, -0.1) is 0 Å². The molecule has 0 saturated carbocycles. The molecule has 2 aromatic rings. The van der Waals surface area contributed by atoms with Gasteiger partial charge >= 0.3 is 0 Å². The molecule has 1 atom stereocenters. The van der Waals surface area contributed by atoms with Gasteiger partial charge in [0.1, 0.15) is 11.4 Å². The molecule has 1 unspecified atom stereocenters. The van der Waals surface area contributed by atoms with Gasteiger partial charge in [0, 0.05) is 36.2 Å². The van der Waals surface area contributed by atoms with Crippen molar-refractivity contribution in [3.05, 3.63) is 69.2 Å². The number of ether oxygens (including phenoxy) is 1. The van der Waals surface area contributed by atoms with Crippen molar-refractivity contribution in [2.75, 3.05) is 0 Å². The quantitative estimate of drug-likeness (QED) is 0.370. The normalized spacial score (nSPS) is 19.1. The standard InChI is InChI=1S/C16H16N2O4/c1-16(2)10-13(14-5-3-4-8-17(14)19)12-9-11(18(20)21)6-7-15(12)22-16/h3-9,13H,10H2,1-2H3. The molecule has 1 aliphatic heterocycles. The van der Waals surface area contributed by atoms with E-state index in [-0.39, 0.29) is 11.6 Å². The Bertz CT molecular complexity index is 743. The third-order valence-corrected chi connectivity index (χ3v) is 3.87. The molecule has 0 spiro atoms. The van der Waals surface area contributed by atoms with Crippen LogP contribution in [0.2, 0.25) is 0 Å². The van der Waals surface area contributed by atoms with E-state index in [2.05, 4.69) is 0 Å². The highest BCUT2D eigenvalue weighted by Crippen LogP contribution is 2.44. The zero-order valence-corrected chi connectivity index (χ0v) is 12.4. The second-order valence-electron chi connectivity index (χ2n) is 6.05. The number of hydrogen-bond acceptors (Lipinski definition) is 4. The lowest BCUT2D eigenvalue weighted by Crippen LogP contribution is -2.40. The van der Waals surface area contributed by atoms with Crippen molar-refractivity contribution in [2.45, 2.75) is 31.8 Å². The SMILES string of the molecule is CC1(C)CC(c2cccc[n+]2[O-])c2cc([N+](=O)[O-])ccc2O1. The number of nitro benzene ring substituents is 1. The van der Waals surface area contributed by atoms with Crippen molar-refractivity contribution in [3.63, 3.8) is 0 Å². The molecule has 1 aromatic heterocycles. The Hall–Kier alpha value is -2.63. The van der Waals surface area contributed by atoms with E-state index in [0.29, 0.717) is 23.4 Å². The van der Waals surface area contributed by atoms with Gasteiger partial charge in [0.15, 0.2) is 6.20 Å². The van der Waals surface area contributed by atoms with E-state index < -0.39 is 10.5 Å². The fraction of sp³-hybridized carbons (Fsp3) is 0.312. The Morgan fingerprint density at radius 1 is 1.32 bits per heavy atom. The van der Waals surface area contributed by atoms with Crippen molar-refractivity contribution in [2.24, 2.45) is 0 Å². The highest BCUT2D eigenvalue weighted by atomic mass is 16.6. The molecule has 0 N–H and O–H groups in total. The minimum atomic E-state index is -0.448. The van der Waals surface area contributed by atoms with E-state index in [1.54, 1.807) is 24.3 Å². The maximum absolute atomic E-state index is 12.1. The maximum atomic E-state index is 12.1. The Kier molecular flexibility index (Phi) is 3.24. The molecule has 2 heterocycles. The van der Waals surface area contributed by atoms with Crippen LogP contribution in [0.1, 0.15) is 37.4 Å².